The van der Waals surface area contributed by atoms with Crippen molar-refractivity contribution in [2.45, 2.75) is 32.9 Å². The molecule has 0 aliphatic carbocycles. The van der Waals surface area contributed by atoms with E-state index in [1.165, 1.54) is 19.4 Å². The molecule has 0 saturated heterocycles. The van der Waals surface area contributed by atoms with E-state index in [0.717, 1.165) is 0 Å². The topological polar surface area (TPSA) is 109 Å². The number of aliphatic hydroxyl groups is 1. The lowest BCUT2D eigenvalue weighted by Crippen LogP contribution is -2.26. The van der Waals surface area contributed by atoms with Crippen LogP contribution >= 0.6 is 0 Å². The summed E-state index contributed by atoms with van der Waals surface area (Å²) in [5.41, 5.74) is 1.27. The summed E-state index contributed by atoms with van der Waals surface area (Å²) in [7, 11) is 1.47. The third kappa shape index (κ3) is 4.19. The average molecular weight is 437 g/mol. The van der Waals surface area contributed by atoms with Crippen LogP contribution in [-0.4, -0.2) is 48.4 Å². The van der Waals surface area contributed by atoms with Crippen molar-refractivity contribution in [3.8, 4) is 22.9 Å². The van der Waals surface area contributed by atoms with E-state index >= 15 is 0 Å². The minimum absolute atomic E-state index is 0.0726. The lowest BCUT2D eigenvalue weighted by molar-refractivity contribution is 0.0578. The first-order valence-corrected chi connectivity index (χ1v) is 10.0. The predicted molar refractivity (Wildman–Crippen MR) is 120 cm³/mol. The number of nitrogens with zero attached hydrogens (tertiary/aromatic N) is 4. The third-order valence-electron chi connectivity index (χ3n) is 4.93. The van der Waals surface area contributed by atoms with E-state index in [1.54, 1.807) is 55.9 Å². The molecular formula is C23H24FN5O3. The fourth-order valence-electron chi connectivity index (χ4n) is 3.63. The number of rotatable bonds is 6. The minimum atomic E-state index is -0.908. The Bertz CT molecular complexity index is 1320. The van der Waals surface area contributed by atoms with Gasteiger partial charge in [0.05, 0.1) is 53.5 Å². The number of aliphatic imine (C=N–C) groups is 1. The number of H-pyrrole nitrogens is 1. The average Bonchev–Trinajstić information content (AvgIpc) is 3.28. The number of ether oxygens (including phenoxy) is 1. The van der Waals surface area contributed by atoms with Gasteiger partial charge in [-0.2, -0.15) is 5.10 Å². The Morgan fingerprint density at radius 3 is 2.81 bits per heavy atom. The second-order valence-corrected chi connectivity index (χ2v) is 8.16. The SMILES string of the molecule is COc1cccc(F)c1-c1cc2c(C(C)=Nc3ccn(CC(C)(C)O)n3)c(O)[nH]c2cn1. The molecule has 9 heteroatoms. The summed E-state index contributed by atoms with van der Waals surface area (Å²) in [5, 5.41) is 25.5. The van der Waals surface area contributed by atoms with Gasteiger partial charge in [0.1, 0.15) is 11.6 Å². The third-order valence-corrected chi connectivity index (χ3v) is 4.93. The molecule has 0 radical (unpaired) electrons. The van der Waals surface area contributed by atoms with Crippen LogP contribution in [0.4, 0.5) is 10.2 Å². The molecule has 32 heavy (non-hydrogen) atoms. The molecule has 3 aromatic heterocycles. The van der Waals surface area contributed by atoms with Gasteiger partial charge in [0.2, 0.25) is 0 Å². The van der Waals surface area contributed by atoms with Crippen molar-refractivity contribution in [2.75, 3.05) is 7.11 Å². The number of nitrogens with one attached hydrogen (secondary N) is 1. The van der Waals surface area contributed by atoms with Gasteiger partial charge in [-0.3, -0.25) is 9.67 Å². The quantitative estimate of drug-likeness (QED) is 0.392. The van der Waals surface area contributed by atoms with Gasteiger partial charge in [0.25, 0.3) is 0 Å². The zero-order chi connectivity index (χ0) is 23.0. The van der Waals surface area contributed by atoms with E-state index in [2.05, 4.69) is 20.1 Å². The number of aromatic amines is 1. The van der Waals surface area contributed by atoms with Crippen LogP contribution in [0.2, 0.25) is 0 Å². The molecule has 0 saturated carbocycles. The fraction of sp³-hybridized carbons (Fsp3) is 0.261. The largest absolute Gasteiger partial charge is 0.496 e. The molecule has 0 aliphatic rings. The summed E-state index contributed by atoms with van der Waals surface area (Å²) in [4.78, 5) is 11.7. The molecule has 0 atom stereocenters. The minimum Gasteiger partial charge on any atom is -0.496 e. The zero-order valence-electron chi connectivity index (χ0n) is 18.2. The van der Waals surface area contributed by atoms with Crippen LogP contribution in [0.3, 0.4) is 0 Å². The highest BCUT2D eigenvalue weighted by atomic mass is 19.1. The number of hydrogen-bond acceptors (Lipinski definition) is 6. The summed E-state index contributed by atoms with van der Waals surface area (Å²) in [5.74, 6) is 0.267. The summed E-state index contributed by atoms with van der Waals surface area (Å²) >= 11 is 0. The lowest BCUT2D eigenvalue weighted by Gasteiger charge is -2.16. The maximum absolute atomic E-state index is 14.6. The van der Waals surface area contributed by atoms with Crippen LogP contribution in [0.15, 0.2) is 47.7 Å². The normalized spacial score (nSPS) is 12.5. The first kappa shape index (κ1) is 21.5. The van der Waals surface area contributed by atoms with E-state index in [0.29, 0.717) is 46.0 Å². The van der Waals surface area contributed by atoms with Crippen molar-refractivity contribution in [2.24, 2.45) is 4.99 Å². The molecule has 0 fully saturated rings. The highest BCUT2D eigenvalue weighted by Gasteiger charge is 2.19. The fourth-order valence-corrected chi connectivity index (χ4v) is 3.63. The molecule has 8 nitrogen and oxygen atoms in total. The zero-order valence-corrected chi connectivity index (χ0v) is 18.2. The molecule has 4 rings (SSSR count). The second kappa shape index (κ2) is 8.08. The van der Waals surface area contributed by atoms with Crippen LogP contribution in [0.1, 0.15) is 26.3 Å². The first-order chi connectivity index (χ1) is 15.2. The van der Waals surface area contributed by atoms with Gasteiger partial charge >= 0.3 is 0 Å². The Morgan fingerprint density at radius 2 is 2.09 bits per heavy atom. The second-order valence-electron chi connectivity index (χ2n) is 8.16. The van der Waals surface area contributed by atoms with E-state index < -0.39 is 11.4 Å². The number of hydrogen-bond donors (Lipinski definition) is 3. The summed E-state index contributed by atoms with van der Waals surface area (Å²) in [6, 6.07) is 7.98. The van der Waals surface area contributed by atoms with Gasteiger partial charge in [0, 0.05) is 17.6 Å². The number of methoxy groups -OCH3 is 1. The van der Waals surface area contributed by atoms with E-state index in [1.807, 2.05) is 0 Å². The van der Waals surface area contributed by atoms with E-state index in [-0.39, 0.29) is 11.4 Å². The number of aromatic nitrogens is 4. The molecule has 166 valence electrons. The predicted octanol–water partition coefficient (Wildman–Crippen LogP) is 4.19. The Balaban J connectivity index is 1.78. The van der Waals surface area contributed by atoms with Crippen LogP contribution in [0.5, 0.6) is 11.6 Å². The first-order valence-electron chi connectivity index (χ1n) is 10.0. The van der Waals surface area contributed by atoms with Gasteiger partial charge in [0.15, 0.2) is 11.7 Å². The number of benzene rings is 1. The molecule has 0 spiro atoms. The van der Waals surface area contributed by atoms with E-state index in [9.17, 15) is 14.6 Å². The molecule has 0 amide bonds. The molecule has 0 bridgehead atoms. The van der Waals surface area contributed by atoms with Crippen molar-refractivity contribution >= 4 is 22.4 Å². The molecule has 4 aromatic rings. The van der Waals surface area contributed by atoms with Gasteiger partial charge < -0.3 is 19.9 Å². The molecule has 3 heterocycles. The number of pyridine rings is 1. The Hall–Kier alpha value is -3.72. The number of halogens is 1. The Labute approximate surface area is 184 Å². The van der Waals surface area contributed by atoms with Crippen molar-refractivity contribution < 1.29 is 19.3 Å². The van der Waals surface area contributed by atoms with Gasteiger partial charge in [-0.15, -0.1) is 0 Å². The molecule has 0 unspecified atom stereocenters. The van der Waals surface area contributed by atoms with Crippen molar-refractivity contribution in [3.05, 3.63) is 54.1 Å². The van der Waals surface area contributed by atoms with Crippen LogP contribution < -0.4 is 4.74 Å². The van der Waals surface area contributed by atoms with Crippen molar-refractivity contribution in [1.82, 2.24) is 19.7 Å². The highest BCUT2D eigenvalue weighted by molar-refractivity contribution is 6.13. The lowest BCUT2D eigenvalue weighted by atomic mass is 10.0. The van der Waals surface area contributed by atoms with Crippen molar-refractivity contribution in [1.29, 1.82) is 0 Å². The Kier molecular flexibility index (Phi) is 5.43. The van der Waals surface area contributed by atoms with Gasteiger partial charge in [-0.05, 0) is 39.0 Å². The van der Waals surface area contributed by atoms with E-state index in [4.69, 9.17) is 4.74 Å². The van der Waals surface area contributed by atoms with Gasteiger partial charge in [-0.1, -0.05) is 6.07 Å². The standard InChI is InChI=1S/C23H24FN5O3/c1-13(26-19-8-9-29(28-19)12-23(2,3)31)20-14-10-16(25-11-17(14)27-22(20)30)21-15(24)6-5-7-18(21)32-4/h5-11,27,30-31H,12H2,1-4H3. The Morgan fingerprint density at radius 1 is 1.31 bits per heavy atom. The molecule has 3 N–H and O–H groups in total. The number of fused-ring (bicyclic) bond motifs is 1. The molecular weight excluding hydrogens is 413 g/mol. The number of aromatic hydroxyl groups is 1. The van der Waals surface area contributed by atoms with Crippen LogP contribution in [0.25, 0.3) is 22.2 Å². The van der Waals surface area contributed by atoms with Crippen molar-refractivity contribution in [3.63, 3.8) is 0 Å². The summed E-state index contributed by atoms with van der Waals surface area (Å²) in [6.45, 7) is 5.46. The van der Waals surface area contributed by atoms with Crippen LogP contribution in [-0.2, 0) is 6.54 Å². The maximum Gasteiger partial charge on any atom is 0.198 e. The van der Waals surface area contributed by atoms with Gasteiger partial charge in [-0.25, -0.2) is 9.38 Å². The monoisotopic (exact) mass is 437 g/mol. The smallest absolute Gasteiger partial charge is 0.198 e. The highest BCUT2D eigenvalue weighted by Crippen LogP contribution is 2.35. The maximum atomic E-state index is 14.6. The molecule has 0 aliphatic heterocycles. The molecule has 1 aromatic carbocycles. The van der Waals surface area contributed by atoms with Crippen LogP contribution in [0, 0.1) is 5.82 Å². The summed E-state index contributed by atoms with van der Waals surface area (Å²) in [6.07, 6.45) is 3.26. The summed E-state index contributed by atoms with van der Waals surface area (Å²) < 4.78 is 21.5.